The maximum Gasteiger partial charge on any atom is 0.295 e. The Morgan fingerprint density at radius 2 is 2.00 bits per heavy atom. The topological polar surface area (TPSA) is 99.6 Å². The number of nitrogens with zero attached hydrogens (tertiary/aromatic N) is 6. The van der Waals surface area contributed by atoms with Crippen molar-refractivity contribution in [3.05, 3.63) is 46.4 Å². The van der Waals surface area contributed by atoms with E-state index in [0.29, 0.717) is 16.9 Å². The molecule has 1 aliphatic rings. The fourth-order valence-electron chi connectivity index (χ4n) is 2.96. The maximum atomic E-state index is 12.9. The molecule has 0 saturated heterocycles. The number of rotatable bonds is 6. The van der Waals surface area contributed by atoms with Crippen LogP contribution in [0.15, 0.2) is 40.3 Å². The van der Waals surface area contributed by atoms with E-state index in [1.54, 1.807) is 23.3 Å². The largest absolute Gasteiger partial charge is 0.319 e. The molecule has 1 atom stereocenters. The van der Waals surface area contributed by atoms with Crippen molar-refractivity contribution in [2.75, 3.05) is 5.32 Å². The highest BCUT2D eigenvalue weighted by atomic mass is 32.2. The fraction of sp³-hybridized carbons (Fsp3) is 0.389. The second-order valence-electron chi connectivity index (χ2n) is 6.82. The lowest BCUT2D eigenvalue weighted by Crippen LogP contribution is -2.27. The molecule has 28 heavy (non-hydrogen) atoms. The van der Waals surface area contributed by atoms with Gasteiger partial charge in [0.2, 0.25) is 11.1 Å². The molecule has 1 saturated carbocycles. The summed E-state index contributed by atoms with van der Waals surface area (Å²) in [6.45, 7) is 3.59. The Balaban J connectivity index is 1.54. The van der Waals surface area contributed by atoms with Crippen LogP contribution in [0.1, 0.15) is 31.5 Å². The van der Waals surface area contributed by atoms with Crippen molar-refractivity contribution < 1.29 is 4.79 Å². The molecule has 1 fully saturated rings. The third kappa shape index (κ3) is 3.35. The Labute approximate surface area is 165 Å². The number of benzene rings is 1. The van der Waals surface area contributed by atoms with Crippen LogP contribution in [0.3, 0.4) is 0 Å². The molecular weight excluding hydrogens is 378 g/mol. The van der Waals surface area contributed by atoms with Crippen molar-refractivity contribution in [2.45, 2.75) is 43.1 Å². The van der Waals surface area contributed by atoms with Crippen molar-refractivity contribution >= 4 is 23.4 Å². The second kappa shape index (κ2) is 7.27. The van der Waals surface area contributed by atoms with Crippen LogP contribution >= 0.6 is 11.8 Å². The molecule has 3 aromatic rings. The molecule has 0 bridgehead atoms. The van der Waals surface area contributed by atoms with Gasteiger partial charge in [0.05, 0.1) is 22.7 Å². The van der Waals surface area contributed by atoms with Crippen LogP contribution in [0.4, 0.5) is 5.69 Å². The lowest BCUT2D eigenvalue weighted by atomic mass is 10.3. The molecular formula is C18H21N7O2S. The predicted octanol–water partition coefficient (Wildman–Crippen LogP) is 1.93. The van der Waals surface area contributed by atoms with Gasteiger partial charge in [0.25, 0.3) is 5.56 Å². The zero-order valence-corrected chi connectivity index (χ0v) is 16.7. The van der Waals surface area contributed by atoms with Crippen molar-refractivity contribution in [2.24, 2.45) is 7.05 Å². The summed E-state index contributed by atoms with van der Waals surface area (Å²) >= 11 is 1.29. The molecule has 146 valence electrons. The first kappa shape index (κ1) is 18.5. The predicted molar refractivity (Wildman–Crippen MR) is 106 cm³/mol. The summed E-state index contributed by atoms with van der Waals surface area (Å²) < 4.78 is 5.04. The number of anilines is 1. The minimum atomic E-state index is -0.451. The molecule has 10 heteroatoms. The van der Waals surface area contributed by atoms with Crippen LogP contribution in [-0.2, 0) is 11.8 Å². The highest BCUT2D eigenvalue weighted by Gasteiger charge is 2.30. The summed E-state index contributed by atoms with van der Waals surface area (Å²) in [5.74, 6) is -0.263. The van der Waals surface area contributed by atoms with Gasteiger partial charge in [-0.05, 0) is 49.2 Å². The van der Waals surface area contributed by atoms with Crippen molar-refractivity contribution in [1.29, 1.82) is 0 Å². The van der Waals surface area contributed by atoms with Gasteiger partial charge in [0.15, 0.2) is 0 Å². The molecule has 0 aliphatic heterocycles. The van der Waals surface area contributed by atoms with E-state index >= 15 is 0 Å². The minimum absolute atomic E-state index is 0.263. The summed E-state index contributed by atoms with van der Waals surface area (Å²) in [6, 6.07) is 9.66. The highest BCUT2D eigenvalue weighted by Crippen LogP contribution is 2.37. The van der Waals surface area contributed by atoms with Gasteiger partial charge in [0, 0.05) is 7.05 Å². The van der Waals surface area contributed by atoms with Gasteiger partial charge in [-0.3, -0.25) is 14.3 Å². The van der Waals surface area contributed by atoms with Crippen molar-refractivity contribution in [3.63, 3.8) is 0 Å². The Morgan fingerprint density at radius 1 is 1.29 bits per heavy atom. The van der Waals surface area contributed by atoms with Crippen LogP contribution < -0.4 is 10.9 Å². The Bertz CT molecular complexity index is 1070. The fourth-order valence-corrected chi connectivity index (χ4v) is 3.82. The van der Waals surface area contributed by atoms with Crippen LogP contribution in [-0.4, -0.2) is 40.7 Å². The third-order valence-corrected chi connectivity index (χ3v) is 5.86. The lowest BCUT2D eigenvalue weighted by Gasteiger charge is -2.10. The number of aromatic nitrogens is 6. The number of hydrogen-bond acceptors (Lipinski definition) is 6. The number of carbonyl (C=O) groups is 1. The number of amides is 1. The molecule has 0 spiro atoms. The third-order valence-electron chi connectivity index (χ3n) is 4.81. The maximum absolute atomic E-state index is 12.9. The van der Waals surface area contributed by atoms with E-state index in [1.165, 1.54) is 16.4 Å². The normalized spacial score (nSPS) is 14.8. The van der Waals surface area contributed by atoms with Crippen LogP contribution in [0.2, 0.25) is 0 Å². The standard InChI is InChI=1S/C18H21N7O2S/c1-11-15(17(27)25(23(11)3)14-7-5-4-6-8-14)19-16(26)12(2)28-18-20-21-22-24(18)13-9-10-13/h4-8,12-13H,9-10H2,1-3H3,(H,19,26)/t12-/m1/s1. The zero-order chi connectivity index (χ0) is 19.8. The molecule has 1 aliphatic carbocycles. The summed E-state index contributed by atoms with van der Waals surface area (Å²) in [4.78, 5) is 25.7. The van der Waals surface area contributed by atoms with Gasteiger partial charge in [-0.25, -0.2) is 9.36 Å². The molecule has 1 amide bonds. The van der Waals surface area contributed by atoms with Gasteiger partial charge in [-0.2, -0.15) is 0 Å². The average Bonchev–Trinajstić information content (AvgIpc) is 3.40. The molecule has 0 radical (unpaired) electrons. The van der Waals surface area contributed by atoms with E-state index < -0.39 is 5.25 Å². The molecule has 2 aromatic heterocycles. The van der Waals surface area contributed by atoms with Gasteiger partial charge >= 0.3 is 0 Å². The smallest absolute Gasteiger partial charge is 0.295 e. The molecule has 1 N–H and O–H groups in total. The first-order valence-electron chi connectivity index (χ1n) is 9.06. The second-order valence-corrected chi connectivity index (χ2v) is 8.13. The number of thioether (sulfide) groups is 1. The Morgan fingerprint density at radius 3 is 2.68 bits per heavy atom. The van der Waals surface area contributed by atoms with Gasteiger partial charge in [-0.1, -0.05) is 30.0 Å². The van der Waals surface area contributed by atoms with Crippen molar-refractivity contribution in [1.82, 2.24) is 29.6 Å². The van der Waals surface area contributed by atoms with E-state index in [2.05, 4.69) is 20.8 Å². The molecule has 4 rings (SSSR count). The van der Waals surface area contributed by atoms with E-state index in [0.717, 1.165) is 18.5 Å². The first-order valence-corrected chi connectivity index (χ1v) is 9.94. The first-order chi connectivity index (χ1) is 13.5. The van der Waals surface area contributed by atoms with Crippen LogP contribution in [0.25, 0.3) is 5.69 Å². The number of hydrogen-bond donors (Lipinski definition) is 1. The van der Waals surface area contributed by atoms with Crippen molar-refractivity contribution in [3.8, 4) is 5.69 Å². The van der Waals surface area contributed by atoms with E-state index in [9.17, 15) is 9.59 Å². The monoisotopic (exact) mass is 399 g/mol. The zero-order valence-electron chi connectivity index (χ0n) is 15.9. The van der Waals surface area contributed by atoms with E-state index in [1.807, 2.05) is 37.3 Å². The Hall–Kier alpha value is -2.88. The highest BCUT2D eigenvalue weighted by molar-refractivity contribution is 8.00. The minimum Gasteiger partial charge on any atom is -0.319 e. The Kier molecular flexibility index (Phi) is 4.80. The van der Waals surface area contributed by atoms with E-state index in [4.69, 9.17) is 0 Å². The summed E-state index contributed by atoms with van der Waals surface area (Å²) in [5, 5.41) is 14.7. The van der Waals surface area contributed by atoms with Crippen LogP contribution in [0, 0.1) is 6.92 Å². The molecule has 0 unspecified atom stereocenters. The summed E-state index contributed by atoms with van der Waals surface area (Å²) in [5.41, 5.74) is 1.44. The van der Waals surface area contributed by atoms with Gasteiger partial charge in [-0.15, -0.1) is 5.10 Å². The molecule has 1 aromatic carbocycles. The average molecular weight is 399 g/mol. The summed E-state index contributed by atoms with van der Waals surface area (Å²) in [7, 11) is 1.79. The van der Waals surface area contributed by atoms with Gasteiger partial charge in [0.1, 0.15) is 5.69 Å². The quantitative estimate of drug-likeness (QED) is 0.636. The molecule has 9 nitrogen and oxygen atoms in total. The summed E-state index contributed by atoms with van der Waals surface area (Å²) in [6.07, 6.45) is 2.11. The SMILES string of the molecule is Cc1c(NC(=O)[C@@H](C)Sc2nnnn2C2CC2)c(=O)n(-c2ccccc2)n1C. The lowest BCUT2D eigenvalue weighted by molar-refractivity contribution is -0.115. The van der Waals surface area contributed by atoms with Gasteiger partial charge < -0.3 is 5.32 Å². The van der Waals surface area contributed by atoms with E-state index in [-0.39, 0.29) is 17.2 Å². The molecule has 2 heterocycles. The number of tetrazole rings is 1. The number of para-hydroxylation sites is 1. The van der Waals surface area contributed by atoms with Crippen LogP contribution in [0.5, 0.6) is 0 Å². The number of carbonyl (C=O) groups excluding carboxylic acids is 1. The number of nitrogens with one attached hydrogen (secondary N) is 1.